The molecule has 1 aromatic heterocycles. The lowest BCUT2D eigenvalue weighted by Gasteiger charge is -2.17. The molecule has 0 spiro atoms. The minimum atomic E-state index is -4.94. The summed E-state index contributed by atoms with van der Waals surface area (Å²) in [5, 5.41) is 7.28. The minimum absolute atomic E-state index is 0.0542. The number of amides is 1. The molecule has 1 amide bonds. The van der Waals surface area contributed by atoms with E-state index in [0.29, 0.717) is 0 Å². The van der Waals surface area contributed by atoms with E-state index >= 15 is 0 Å². The monoisotopic (exact) mass is 437 g/mol. The topological polar surface area (TPSA) is 137 Å². The Morgan fingerprint density at radius 2 is 1.76 bits per heavy atom. The maximum absolute atomic E-state index is 11.2. The zero-order chi connectivity index (χ0) is 21.4. The summed E-state index contributed by atoms with van der Waals surface area (Å²) in [6, 6.07) is 16.1. The first-order valence-corrected chi connectivity index (χ1v) is 10.6. The third-order valence-electron chi connectivity index (χ3n) is 3.62. The zero-order valence-corrected chi connectivity index (χ0v) is 17.3. The molecule has 0 unspecified atom stereocenters. The molecule has 8 nitrogen and oxygen atoms in total. The van der Waals surface area contributed by atoms with Crippen molar-refractivity contribution < 1.29 is 38.2 Å². The summed E-state index contributed by atoms with van der Waals surface area (Å²) in [5.74, 6) is -0.0542. The Hall–Kier alpha value is -2.53. The lowest BCUT2D eigenvalue weighted by atomic mass is 10.3. The molecule has 0 atom stereocenters. The predicted octanol–water partition coefficient (Wildman–Crippen LogP) is -0.506. The van der Waals surface area contributed by atoms with Gasteiger partial charge in [-0.25, -0.2) is 18.6 Å². The molecule has 3 rings (SSSR count). The summed E-state index contributed by atoms with van der Waals surface area (Å²) in [7, 11) is -4.94. The van der Waals surface area contributed by atoms with Gasteiger partial charge in [-0.2, -0.15) is 4.57 Å². The molecule has 1 heterocycles. The van der Waals surface area contributed by atoms with E-state index in [1.165, 1.54) is 12.4 Å². The molecule has 0 aliphatic rings. The number of halogens is 1. The number of nitrogens with one attached hydrogen (secondary N) is 2. The third kappa shape index (κ3) is 7.78. The number of nitrogens with zero attached hydrogens (tertiary/aromatic N) is 1. The predicted molar refractivity (Wildman–Crippen MR) is 101 cm³/mol. The van der Waals surface area contributed by atoms with Gasteiger partial charge in [0.25, 0.3) is 5.01 Å². The molecule has 0 radical (unpaired) electrons. The number of hydrogen-bond acceptors (Lipinski definition) is 7. The maximum atomic E-state index is 11.2. The number of aromatic nitrogens is 1. The molecule has 0 fully saturated rings. The van der Waals surface area contributed by atoms with E-state index in [2.05, 4.69) is 34.3 Å². The van der Waals surface area contributed by atoms with Crippen LogP contribution in [0.5, 0.6) is 0 Å². The van der Waals surface area contributed by atoms with Gasteiger partial charge in [0, 0.05) is 36.6 Å². The van der Waals surface area contributed by atoms with Crippen molar-refractivity contribution in [2.45, 2.75) is 20.4 Å². The van der Waals surface area contributed by atoms with E-state index in [4.69, 9.17) is 18.6 Å². The number of carbonyl (C=O) groups excluding carboxylic acids is 1. The van der Waals surface area contributed by atoms with Crippen LogP contribution in [0.1, 0.15) is 18.9 Å². The average molecular weight is 438 g/mol. The van der Waals surface area contributed by atoms with Gasteiger partial charge in [0.2, 0.25) is 11.4 Å². The van der Waals surface area contributed by atoms with Crippen LogP contribution in [-0.4, -0.2) is 5.91 Å². The van der Waals surface area contributed by atoms with Gasteiger partial charge >= 0.3 is 0 Å². The number of hydrogen-bond donors (Lipinski definition) is 2. The summed E-state index contributed by atoms with van der Waals surface area (Å²) in [4.78, 5) is 11.2. The number of carbonyl (C=O) groups is 1. The van der Waals surface area contributed by atoms with Crippen LogP contribution < -0.4 is 33.8 Å². The molecule has 0 bridgehead atoms. The van der Waals surface area contributed by atoms with Crippen molar-refractivity contribution in [2.24, 2.45) is 0 Å². The van der Waals surface area contributed by atoms with Gasteiger partial charge in [-0.15, -0.1) is 10.2 Å². The van der Waals surface area contributed by atoms with Crippen LogP contribution in [0.4, 0.5) is 11.4 Å². The van der Waals surface area contributed by atoms with Crippen molar-refractivity contribution in [3.8, 4) is 0 Å². The molecule has 10 heteroatoms. The van der Waals surface area contributed by atoms with Gasteiger partial charge in [0.1, 0.15) is 11.2 Å². The van der Waals surface area contributed by atoms with Crippen LogP contribution in [0.25, 0.3) is 16.3 Å². The van der Waals surface area contributed by atoms with Gasteiger partial charge in [0.05, 0.1) is 0 Å². The summed E-state index contributed by atoms with van der Waals surface area (Å²) in [6.07, 6.45) is 4.04. The highest BCUT2D eigenvalue weighted by Crippen LogP contribution is 2.25. The van der Waals surface area contributed by atoms with Gasteiger partial charge in [-0.05, 0) is 31.2 Å². The fourth-order valence-corrected chi connectivity index (χ4v) is 3.75. The molecule has 154 valence electrons. The Kier molecular flexibility index (Phi) is 8.09. The average Bonchev–Trinajstić information content (AvgIpc) is 2.97. The Morgan fingerprint density at radius 3 is 2.34 bits per heavy atom. The molecular formula is C19H20ClN3O5S. The number of benzene rings is 2. The van der Waals surface area contributed by atoms with Crippen LogP contribution in [0, 0.1) is 10.2 Å². The lowest BCUT2D eigenvalue weighted by Crippen LogP contribution is -2.68. The van der Waals surface area contributed by atoms with Crippen LogP contribution >= 0.6 is 11.3 Å². The molecule has 0 aliphatic heterocycles. The van der Waals surface area contributed by atoms with Crippen molar-refractivity contribution in [3.63, 3.8) is 0 Å². The van der Waals surface area contributed by atoms with Crippen LogP contribution in [0.15, 0.2) is 54.7 Å². The third-order valence-corrected chi connectivity index (χ3v) is 4.73. The standard InChI is InChI=1S/C19H19N3OS.ClHO4/c1-3-22-17-10-9-16(21-14(2)23)13-18(17)24-19(22)11-12-20-15-7-5-4-6-8-15;2-1(3,4)5/h4-13H,3H2,1-2H3,(H,21,23);(H,2,3,4,5). The highest BCUT2D eigenvalue weighted by Gasteiger charge is 2.17. The second-order valence-electron chi connectivity index (χ2n) is 5.77. The number of anilines is 2. The van der Waals surface area contributed by atoms with Crippen LogP contribution in [0.2, 0.25) is 0 Å². The Labute approximate surface area is 174 Å². The fraction of sp³-hybridized carbons (Fsp3) is 0.158. The number of fused-ring (bicyclic) bond motifs is 1. The Balaban J connectivity index is 0.000000537. The Bertz CT molecular complexity index is 981. The van der Waals surface area contributed by atoms with Gasteiger partial charge in [-0.3, -0.25) is 4.79 Å². The van der Waals surface area contributed by atoms with Crippen molar-refractivity contribution in [3.05, 3.63) is 59.7 Å². The van der Waals surface area contributed by atoms with Crippen molar-refractivity contribution in [1.29, 1.82) is 0 Å². The summed E-state index contributed by atoms with van der Waals surface area (Å²) in [5.41, 5.74) is 3.07. The first-order chi connectivity index (χ1) is 13.7. The minimum Gasteiger partial charge on any atom is -0.361 e. The van der Waals surface area contributed by atoms with Crippen LogP contribution in [-0.2, 0) is 11.3 Å². The van der Waals surface area contributed by atoms with Crippen molar-refractivity contribution in [2.75, 3.05) is 10.6 Å². The van der Waals surface area contributed by atoms with Crippen LogP contribution in [0.3, 0.4) is 0 Å². The van der Waals surface area contributed by atoms with Crippen molar-refractivity contribution in [1.82, 2.24) is 0 Å². The second kappa shape index (κ2) is 10.3. The molecule has 2 N–H and O–H groups in total. The maximum Gasteiger partial charge on any atom is 0.264 e. The first kappa shape index (κ1) is 22.8. The molecule has 3 aromatic rings. The summed E-state index contributed by atoms with van der Waals surface area (Å²) in [6.45, 7) is 4.55. The molecule has 0 aliphatic carbocycles. The number of thiazole rings is 1. The molecule has 29 heavy (non-hydrogen) atoms. The van der Waals surface area contributed by atoms with Gasteiger partial charge in [-0.1, -0.05) is 29.5 Å². The van der Waals surface area contributed by atoms with Gasteiger partial charge < -0.3 is 10.6 Å². The lowest BCUT2D eigenvalue weighted by molar-refractivity contribution is -2.00. The smallest absolute Gasteiger partial charge is 0.264 e. The molecule has 0 saturated carbocycles. The van der Waals surface area contributed by atoms with E-state index in [-0.39, 0.29) is 5.91 Å². The number of aryl methyl sites for hydroxylation is 1. The molecular weight excluding hydrogens is 418 g/mol. The largest absolute Gasteiger partial charge is 0.361 e. The quantitative estimate of drug-likeness (QED) is 0.516. The Morgan fingerprint density at radius 1 is 1.10 bits per heavy atom. The molecule has 2 aromatic carbocycles. The number of rotatable bonds is 5. The molecule has 0 saturated heterocycles. The second-order valence-corrected chi connectivity index (χ2v) is 7.59. The summed E-state index contributed by atoms with van der Waals surface area (Å²) < 4.78 is 37.4. The van der Waals surface area contributed by atoms with E-state index in [9.17, 15) is 4.79 Å². The number of para-hydroxylation sites is 1. The normalized spacial score (nSPS) is 11.2. The summed E-state index contributed by atoms with van der Waals surface area (Å²) >= 11 is 1.71. The van der Waals surface area contributed by atoms with E-state index in [1.54, 1.807) is 11.3 Å². The zero-order valence-electron chi connectivity index (χ0n) is 15.8. The highest BCUT2D eigenvalue weighted by molar-refractivity contribution is 7.18. The van der Waals surface area contributed by atoms with E-state index in [1.807, 2.05) is 48.7 Å². The first-order valence-electron chi connectivity index (χ1n) is 8.51. The van der Waals surface area contributed by atoms with Crippen molar-refractivity contribution >= 4 is 44.9 Å². The SMILES string of the molecule is CC[n+]1c(/C=C/Nc2ccccc2)sc2cc(NC(C)=O)ccc21.[O-][Cl+3]([O-])([O-])[O-]. The van der Waals surface area contributed by atoms with Gasteiger partial charge in [0.15, 0.2) is 0 Å². The highest BCUT2D eigenvalue weighted by atomic mass is 35.7. The van der Waals surface area contributed by atoms with E-state index in [0.717, 1.165) is 27.6 Å². The fourth-order valence-electron chi connectivity index (χ4n) is 2.58. The van der Waals surface area contributed by atoms with E-state index < -0.39 is 10.2 Å².